The zero-order valence-corrected chi connectivity index (χ0v) is 18.2. The molecule has 0 bridgehead atoms. The lowest BCUT2D eigenvalue weighted by Crippen LogP contribution is -2.38. The molecule has 1 amide bonds. The Morgan fingerprint density at radius 2 is 1.87 bits per heavy atom. The molecule has 0 aromatic heterocycles. The molecule has 13 nitrogen and oxygen atoms in total. The molecule has 1 saturated heterocycles. The van der Waals surface area contributed by atoms with E-state index in [9.17, 15) is 39.7 Å². The number of nitrogens with zero attached hydrogens (tertiary/aromatic N) is 1. The summed E-state index contributed by atoms with van der Waals surface area (Å²) in [7, 11) is -4.10. The Kier molecular flexibility index (Phi) is 12.6. The molecule has 1 unspecified atom stereocenters. The fraction of sp³-hybridized carbons (Fsp3) is 0.941. The maximum Gasteiger partial charge on any atom is 0.330 e. The van der Waals surface area contributed by atoms with Crippen molar-refractivity contribution in [2.75, 3.05) is 32.5 Å². The van der Waals surface area contributed by atoms with Gasteiger partial charge in [0.2, 0.25) is 12.5 Å². The molecule has 0 aliphatic carbocycles. The quantitative estimate of drug-likeness (QED) is 0.0585. The van der Waals surface area contributed by atoms with Crippen LogP contribution >= 0.6 is 7.60 Å². The zero-order chi connectivity index (χ0) is 23.4. The molecule has 1 heterocycles. The summed E-state index contributed by atoms with van der Waals surface area (Å²) in [6.45, 7) is -0.392. The lowest BCUT2D eigenvalue weighted by molar-refractivity contribution is -0.480. The molecule has 0 aromatic carbocycles. The van der Waals surface area contributed by atoms with Crippen molar-refractivity contribution in [3.8, 4) is 0 Å². The molecule has 1 rings (SSSR count). The summed E-state index contributed by atoms with van der Waals surface area (Å²) < 4.78 is 17.0. The van der Waals surface area contributed by atoms with Gasteiger partial charge in [-0.3, -0.25) is 19.5 Å². The molecule has 6 atom stereocenters. The number of nitrogens with one attached hydrogen (secondary N) is 2. The summed E-state index contributed by atoms with van der Waals surface area (Å²) in [4.78, 5) is 31.3. The second-order valence-electron chi connectivity index (χ2n) is 7.66. The van der Waals surface area contributed by atoms with Gasteiger partial charge in [0.05, 0.1) is 43.7 Å². The van der Waals surface area contributed by atoms with Crippen LogP contribution in [0.2, 0.25) is 0 Å². The van der Waals surface area contributed by atoms with Crippen LogP contribution in [0.25, 0.3) is 0 Å². The van der Waals surface area contributed by atoms with Crippen molar-refractivity contribution in [3.63, 3.8) is 0 Å². The molecule has 31 heavy (non-hydrogen) atoms. The summed E-state index contributed by atoms with van der Waals surface area (Å²) >= 11 is 0. The van der Waals surface area contributed by atoms with E-state index >= 15 is 0 Å². The van der Waals surface area contributed by atoms with E-state index in [4.69, 9.17) is 9.63 Å². The van der Waals surface area contributed by atoms with Crippen molar-refractivity contribution in [1.29, 1.82) is 0 Å². The largest absolute Gasteiger partial charge is 0.395 e. The molecule has 1 aliphatic heterocycles. The van der Waals surface area contributed by atoms with E-state index in [1.165, 1.54) is 0 Å². The highest BCUT2D eigenvalue weighted by Crippen LogP contribution is 2.43. The van der Waals surface area contributed by atoms with Crippen LogP contribution in [0.15, 0.2) is 0 Å². The van der Waals surface area contributed by atoms with Gasteiger partial charge in [-0.05, 0) is 25.7 Å². The first-order valence-corrected chi connectivity index (χ1v) is 12.1. The highest BCUT2D eigenvalue weighted by atomic mass is 31.2. The van der Waals surface area contributed by atoms with E-state index in [1.54, 1.807) is 0 Å². The van der Waals surface area contributed by atoms with Crippen molar-refractivity contribution >= 4 is 13.5 Å². The predicted octanol–water partition coefficient (Wildman–Crippen LogP) is -1.66. The molecule has 1 aliphatic rings. The second kappa shape index (κ2) is 14.1. The number of rotatable bonds is 16. The lowest BCUT2D eigenvalue weighted by Gasteiger charge is -2.21. The lowest BCUT2D eigenvalue weighted by atomic mass is 10.0. The average Bonchev–Trinajstić information content (AvgIpc) is 2.94. The van der Waals surface area contributed by atoms with Gasteiger partial charge in [-0.15, -0.1) is 0 Å². The van der Waals surface area contributed by atoms with Crippen LogP contribution in [-0.4, -0.2) is 99.0 Å². The molecule has 0 radical (unpaired) electrons. The SMILES string of the molecule is O=C(CCCCC[N+](=O)[O-])NCCCOP(=O)(O)C[C@H](O)C[C@H]1N[C@H](CO)[C@@H](O)[C@@H]1O. The maximum atomic E-state index is 12.1. The maximum absolute atomic E-state index is 12.1. The third-order valence-electron chi connectivity index (χ3n) is 4.95. The summed E-state index contributed by atoms with van der Waals surface area (Å²) in [5, 5.41) is 54.3. The summed E-state index contributed by atoms with van der Waals surface area (Å²) in [6, 6.07) is -1.47. The van der Waals surface area contributed by atoms with Crippen LogP contribution in [0.4, 0.5) is 0 Å². The number of unbranched alkanes of at least 4 members (excludes halogenated alkanes) is 2. The number of carbonyl (C=O) groups excluding carboxylic acids is 1. The van der Waals surface area contributed by atoms with E-state index in [1.807, 2.05) is 0 Å². The van der Waals surface area contributed by atoms with E-state index in [2.05, 4.69) is 10.6 Å². The van der Waals surface area contributed by atoms with E-state index in [0.717, 1.165) is 0 Å². The highest BCUT2D eigenvalue weighted by molar-refractivity contribution is 7.52. The van der Waals surface area contributed by atoms with Crippen molar-refractivity contribution in [3.05, 3.63) is 10.1 Å². The number of aliphatic hydroxyl groups is 4. The third-order valence-corrected chi connectivity index (χ3v) is 6.42. The van der Waals surface area contributed by atoms with Crippen molar-refractivity contribution in [2.45, 2.75) is 68.9 Å². The summed E-state index contributed by atoms with van der Waals surface area (Å²) in [6.07, 6.45) is -2.29. The summed E-state index contributed by atoms with van der Waals surface area (Å²) in [5.41, 5.74) is 0. The number of hydrogen-bond acceptors (Lipinski definition) is 10. The number of carbonyl (C=O) groups is 1. The monoisotopic (exact) mass is 471 g/mol. The van der Waals surface area contributed by atoms with Crippen molar-refractivity contribution < 1.29 is 44.1 Å². The molecule has 182 valence electrons. The smallest absolute Gasteiger partial charge is 0.330 e. The van der Waals surface area contributed by atoms with Gasteiger partial charge < -0.3 is 40.5 Å². The minimum absolute atomic E-state index is 0.111. The molecular formula is C17H34N3O10P. The first kappa shape index (κ1) is 27.9. The first-order valence-electron chi connectivity index (χ1n) is 10.3. The van der Waals surface area contributed by atoms with E-state index in [-0.39, 0.29) is 44.9 Å². The van der Waals surface area contributed by atoms with Crippen molar-refractivity contribution in [1.82, 2.24) is 10.6 Å². The second-order valence-corrected chi connectivity index (χ2v) is 9.55. The summed E-state index contributed by atoms with van der Waals surface area (Å²) in [5.74, 6) is -0.213. The number of hydrogen-bond donors (Lipinski definition) is 7. The normalized spacial score (nSPS) is 26.4. The Labute approximate surface area is 180 Å². The minimum atomic E-state index is -4.10. The third kappa shape index (κ3) is 11.3. The molecule has 7 N–H and O–H groups in total. The Bertz CT molecular complexity index is 611. The molecular weight excluding hydrogens is 437 g/mol. The van der Waals surface area contributed by atoms with Gasteiger partial charge in [0, 0.05) is 30.4 Å². The van der Waals surface area contributed by atoms with E-state index in [0.29, 0.717) is 19.3 Å². The van der Waals surface area contributed by atoms with Gasteiger partial charge in [0.25, 0.3) is 0 Å². The van der Waals surface area contributed by atoms with Crippen LogP contribution in [0.1, 0.15) is 38.5 Å². The highest BCUT2D eigenvalue weighted by Gasteiger charge is 2.41. The fourth-order valence-corrected chi connectivity index (χ4v) is 4.50. The first-order chi connectivity index (χ1) is 14.6. The van der Waals surface area contributed by atoms with Crippen LogP contribution in [-0.2, 0) is 13.9 Å². The van der Waals surface area contributed by atoms with Gasteiger partial charge in [0.15, 0.2) is 0 Å². The molecule has 0 saturated carbocycles. The van der Waals surface area contributed by atoms with Gasteiger partial charge in [-0.25, -0.2) is 0 Å². The van der Waals surface area contributed by atoms with Gasteiger partial charge in [0.1, 0.15) is 0 Å². The fourth-order valence-electron chi connectivity index (χ4n) is 3.30. The average molecular weight is 471 g/mol. The zero-order valence-electron chi connectivity index (χ0n) is 17.3. The molecule has 14 heteroatoms. The Balaban J connectivity index is 2.16. The topological polar surface area (TPSA) is 212 Å². The Morgan fingerprint density at radius 1 is 1.19 bits per heavy atom. The minimum Gasteiger partial charge on any atom is -0.395 e. The number of amides is 1. The van der Waals surface area contributed by atoms with Crippen LogP contribution in [0, 0.1) is 10.1 Å². The van der Waals surface area contributed by atoms with Crippen molar-refractivity contribution in [2.24, 2.45) is 0 Å². The molecule has 0 spiro atoms. The van der Waals surface area contributed by atoms with Crippen LogP contribution < -0.4 is 10.6 Å². The van der Waals surface area contributed by atoms with Crippen LogP contribution in [0.3, 0.4) is 0 Å². The molecule has 1 fully saturated rings. The number of aliphatic hydroxyl groups excluding tert-OH is 4. The van der Waals surface area contributed by atoms with E-state index < -0.39 is 55.7 Å². The van der Waals surface area contributed by atoms with Gasteiger partial charge >= 0.3 is 7.60 Å². The number of nitro groups is 1. The molecule has 0 aromatic rings. The Hall–Kier alpha value is -1.18. The van der Waals surface area contributed by atoms with Crippen LogP contribution in [0.5, 0.6) is 0 Å². The van der Waals surface area contributed by atoms with Gasteiger partial charge in [-0.2, -0.15) is 0 Å². The Morgan fingerprint density at radius 3 is 2.48 bits per heavy atom. The standard InChI is InChI=1S/C17H34N3O10P/c21-10-14-17(25)16(24)13(19-14)9-12(22)11-31(28,29)30-8-4-6-18-15(23)5-2-1-3-7-20(26)27/h12-14,16-17,19,21-22,24-25H,1-11H2,(H,18,23)(H,28,29)/t12-,13-,14-,16-,17-/m1/s1. The van der Waals surface area contributed by atoms with Gasteiger partial charge in [-0.1, -0.05) is 0 Å². The predicted molar refractivity (Wildman–Crippen MR) is 109 cm³/mol.